The van der Waals surface area contributed by atoms with Crippen LogP contribution in [-0.2, 0) is 46.6 Å². The van der Waals surface area contributed by atoms with E-state index in [-0.39, 0.29) is 18.6 Å². The summed E-state index contributed by atoms with van der Waals surface area (Å²) in [7, 11) is -9.72. The summed E-state index contributed by atoms with van der Waals surface area (Å²) in [6.07, 6.45) is 36.7. The van der Waals surface area contributed by atoms with E-state index in [1.165, 1.54) is 70.6 Å². The Labute approximate surface area is 373 Å². The standard InChI is InChI=1S/C46H82O14P2/c1-4-5-27-33-42(47)34-29-24-20-16-12-10-14-18-22-26-31-36-46(50)60-44(40-59-62(54,55)58-38-43(48)37-57-61(51,52)53)39-56-45(49)35-30-25-21-17-13-9-7-6-8-11-15-19-23-28-32-41(2)3/h10,12,18,20,22,24,29,34,41,43-44,48H,4-9,11,13-17,19,21,23,25-28,30-33,35-40H2,1-3H3,(H,54,55)(H2,51,52,53)/b12-10-,22-18-,24-20-,34-29+/t43-,44+/m0/s1. The molecule has 360 valence electrons. The van der Waals surface area contributed by atoms with Gasteiger partial charge >= 0.3 is 27.6 Å². The van der Waals surface area contributed by atoms with E-state index in [0.717, 1.165) is 50.9 Å². The van der Waals surface area contributed by atoms with Crippen molar-refractivity contribution in [1.82, 2.24) is 0 Å². The molecule has 0 heterocycles. The van der Waals surface area contributed by atoms with Crippen LogP contribution < -0.4 is 0 Å². The maximum Gasteiger partial charge on any atom is 0.472 e. The molecule has 0 aliphatic carbocycles. The highest BCUT2D eigenvalue weighted by atomic mass is 31.2. The van der Waals surface area contributed by atoms with Crippen molar-refractivity contribution >= 4 is 33.4 Å². The number of allylic oxidation sites excluding steroid dienone is 8. The first kappa shape index (κ1) is 59.8. The minimum Gasteiger partial charge on any atom is -0.462 e. The van der Waals surface area contributed by atoms with Crippen molar-refractivity contribution in [3.05, 3.63) is 48.6 Å². The largest absolute Gasteiger partial charge is 0.472 e. The number of carbonyl (C=O) groups is 3. The Morgan fingerprint density at radius 2 is 1.08 bits per heavy atom. The van der Waals surface area contributed by atoms with Gasteiger partial charge < -0.3 is 29.3 Å². The zero-order valence-corrected chi connectivity index (χ0v) is 39.9. The van der Waals surface area contributed by atoms with E-state index in [9.17, 15) is 33.5 Å². The summed E-state index contributed by atoms with van der Waals surface area (Å²) in [5.74, 6) is -0.180. The van der Waals surface area contributed by atoms with Crippen LogP contribution >= 0.6 is 15.6 Å². The molecule has 0 amide bonds. The summed E-state index contributed by atoms with van der Waals surface area (Å²) < 4.78 is 47.7. The second-order valence-electron chi connectivity index (χ2n) is 16.2. The molecular formula is C46H82O14P2. The summed E-state index contributed by atoms with van der Waals surface area (Å²) in [5.41, 5.74) is 0. The van der Waals surface area contributed by atoms with E-state index in [2.05, 4.69) is 29.8 Å². The molecule has 14 nitrogen and oxygen atoms in total. The summed E-state index contributed by atoms with van der Waals surface area (Å²) in [4.78, 5) is 64.5. The Bertz CT molecular complexity index is 1360. The normalized spacial score (nSPS) is 14.4. The van der Waals surface area contributed by atoms with Crippen molar-refractivity contribution in [3.63, 3.8) is 0 Å². The molecule has 0 rings (SSSR count). The number of rotatable bonds is 43. The van der Waals surface area contributed by atoms with Crippen molar-refractivity contribution in [3.8, 4) is 0 Å². The van der Waals surface area contributed by atoms with Crippen molar-refractivity contribution in [2.75, 3.05) is 26.4 Å². The SMILES string of the molecule is CCCCCC(=O)/C=C/C=C\C/C=C\C/C=C\CCCC(=O)O[C@H](COC(=O)CCCCCCCCCCCCCCCCC(C)C)COP(=O)(O)OC[C@@H](O)COP(=O)(O)O. The molecule has 1 unspecified atom stereocenters. The second-order valence-corrected chi connectivity index (χ2v) is 18.9. The molecule has 0 aliphatic heterocycles. The zero-order valence-electron chi connectivity index (χ0n) is 38.1. The first-order chi connectivity index (χ1) is 29.6. The van der Waals surface area contributed by atoms with E-state index in [1.54, 1.807) is 12.2 Å². The molecule has 0 radical (unpaired) electrons. The Morgan fingerprint density at radius 1 is 0.565 bits per heavy atom. The van der Waals surface area contributed by atoms with Gasteiger partial charge in [0.05, 0.1) is 19.8 Å². The van der Waals surface area contributed by atoms with Gasteiger partial charge in [-0.15, -0.1) is 0 Å². The van der Waals surface area contributed by atoms with Gasteiger partial charge in [-0.2, -0.15) is 0 Å². The molecule has 0 aromatic heterocycles. The predicted molar refractivity (Wildman–Crippen MR) is 244 cm³/mol. The molecule has 0 aliphatic rings. The molecular weight excluding hydrogens is 838 g/mol. The maximum atomic E-state index is 12.7. The average Bonchev–Trinajstić information content (AvgIpc) is 3.21. The smallest absolute Gasteiger partial charge is 0.462 e. The third-order valence-corrected chi connectivity index (χ3v) is 11.1. The van der Waals surface area contributed by atoms with Crippen molar-refractivity contribution in [2.45, 2.75) is 193 Å². The van der Waals surface area contributed by atoms with Crippen LogP contribution in [0.1, 0.15) is 181 Å². The molecule has 0 saturated heterocycles. The lowest BCUT2D eigenvalue weighted by molar-refractivity contribution is -0.161. The first-order valence-corrected chi connectivity index (χ1v) is 26.2. The maximum absolute atomic E-state index is 12.7. The highest BCUT2D eigenvalue weighted by molar-refractivity contribution is 7.47. The molecule has 0 bridgehead atoms. The second kappa shape index (κ2) is 40.3. The lowest BCUT2D eigenvalue weighted by Crippen LogP contribution is -2.29. The number of phosphoric ester groups is 2. The number of ether oxygens (including phenoxy) is 2. The molecule has 0 aromatic rings. The monoisotopic (exact) mass is 921 g/mol. The van der Waals surface area contributed by atoms with Crippen molar-refractivity contribution < 1.29 is 66.3 Å². The van der Waals surface area contributed by atoms with Crippen LogP contribution in [0.25, 0.3) is 0 Å². The fourth-order valence-corrected chi connectivity index (χ4v) is 7.22. The summed E-state index contributed by atoms with van der Waals surface area (Å²) in [6.45, 7) is 3.86. The lowest BCUT2D eigenvalue weighted by atomic mass is 10.0. The first-order valence-electron chi connectivity index (χ1n) is 23.1. The summed E-state index contributed by atoms with van der Waals surface area (Å²) >= 11 is 0. The summed E-state index contributed by atoms with van der Waals surface area (Å²) in [6, 6.07) is 0. The van der Waals surface area contributed by atoms with Gasteiger partial charge in [0.1, 0.15) is 12.7 Å². The fourth-order valence-electron chi connectivity index (χ4n) is 6.07. The minimum absolute atomic E-state index is 0.0295. The van der Waals surface area contributed by atoms with E-state index in [1.807, 2.05) is 36.5 Å². The Morgan fingerprint density at radius 3 is 1.68 bits per heavy atom. The molecule has 16 heteroatoms. The number of unbranched alkanes of at least 4 members (excludes halogenated alkanes) is 16. The number of hydrogen-bond donors (Lipinski definition) is 4. The number of phosphoric acid groups is 2. The topological polar surface area (TPSA) is 212 Å². The van der Waals surface area contributed by atoms with Crippen LogP contribution in [0.4, 0.5) is 0 Å². The zero-order chi connectivity index (χ0) is 46.2. The molecule has 0 fully saturated rings. The molecule has 62 heavy (non-hydrogen) atoms. The lowest BCUT2D eigenvalue weighted by Gasteiger charge is -2.20. The van der Waals surface area contributed by atoms with Crippen molar-refractivity contribution in [2.24, 2.45) is 5.92 Å². The molecule has 3 atom stereocenters. The van der Waals surface area contributed by atoms with Crippen LogP contribution in [0.3, 0.4) is 0 Å². The van der Waals surface area contributed by atoms with Gasteiger partial charge in [0.15, 0.2) is 11.9 Å². The summed E-state index contributed by atoms with van der Waals surface area (Å²) in [5, 5.41) is 9.75. The Kier molecular flexibility index (Phi) is 38.8. The number of hydrogen-bond acceptors (Lipinski definition) is 11. The van der Waals surface area contributed by atoms with E-state index < -0.39 is 66.2 Å². The van der Waals surface area contributed by atoms with Gasteiger partial charge in [0, 0.05) is 19.3 Å². The Hall–Kier alpha value is -2.25. The van der Waals surface area contributed by atoms with Gasteiger partial charge in [-0.3, -0.25) is 28.0 Å². The quantitative estimate of drug-likeness (QED) is 0.0112. The minimum atomic E-state index is -4.88. The molecule has 0 saturated carbocycles. The van der Waals surface area contributed by atoms with Crippen LogP contribution in [-0.4, -0.2) is 76.1 Å². The van der Waals surface area contributed by atoms with Gasteiger partial charge in [0.2, 0.25) is 0 Å². The number of ketones is 1. The number of aliphatic hydroxyl groups excluding tert-OH is 1. The van der Waals surface area contributed by atoms with Crippen LogP contribution in [0.5, 0.6) is 0 Å². The number of aliphatic hydroxyl groups is 1. The third kappa shape index (κ3) is 44.4. The Balaban J connectivity index is 4.60. The van der Waals surface area contributed by atoms with Gasteiger partial charge in [0.25, 0.3) is 0 Å². The average molecular weight is 921 g/mol. The molecule has 4 N–H and O–H groups in total. The molecule has 0 spiro atoms. The van der Waals surface area contributed by atoms with Crippen LogP contribution in [0, 0.1) is 5.92 Å². The number of carbonyl (C=O) groups excluding carboxylic acids is 3. The fraction of sp³-hybridized carbons (Fsp3) is 0.761. The van der Waals surface area contributed by atoms with Gasteiger partial charge in [-0.05, 0) is 50.5 Å². The van der Waals surface area contributed by atoms with Crippen molar-refractivity contribution in [1.29, 1.82) is 0 Å². The molecule has 0 aromatic carbocycles. The van der Waals surface area contributed by atoms with Gasteiger partial charge in [-0.25, -0.2) is 9.13 Å². The highest BCUT2D eigenvalue weighted by Gasteiger charge is 2.28. The predicted octanol–water partition coefficient (Wildman–Crippen LogP) is 11.3. The number of esters is 2. The van der Waals surface area contributed by atoms with E-state index >= 15 is 0 Å². The van der Waals surface area contributed by atoms with Gasteiger partial charge in [-0.1, -0.05) is 166 Å². The third-order valence-electron chi connectivity index (χ3n) is 9.61. The van der Waals surface area contributed by atoms with Crippen LogP contribution in [0.2, 0.25) is 0 Å². The highest BCUT2D eigenvalue weighted by Crippen LogP contribution is 2.43. The van der Waals surface area contributed by atoms with E-state index in [4.69, 9.17) is 23.8 Å². The van der Waals surface area contributed by atoms with E-state index in [0.29, 0.717) is 32.1 Å². The van der Waals surface area contributed by atoms with Crippen LogP contribution in [0.15, 0.2) is 48.6 Å².